The quantitative estimate of drug-likeness (QED) is 0.221. The van der Waals surface area contributed by atoms with Gasteiger partial charge in [0.1, 0.15) is 6.04 Å². The molecule has 29 heavy (non-hydrogen) atoms. The summed E-state index contributed by atoms with van der Waals surface area (Å²) < 4.78 is 11.1. The van der Waals surface area contributed by atoms with Crippen molar-refractivity contribution in [1.82, 2.24) is 5.32 Å². The first kappa shape index (κ1) is 27.6. The maximum atomic E-state index is 11.9. The lowest BCUT2D eigenvalue weighted by Gasteiger charge is -2.13. The summed E-state index contributed by atoms with van der Waals surface area (Å²) in [5.74, 6) is -1.02. The predicted octanol–water partition coefficient (Wildman–Crippen LogP) is 5.14. The Bertz CT molecular complexity index is 517. The van der Waals surface area contributed by atoms with E-state index in [1.165, 1.54) is 31.9 Å². The predicted molar refractivity (Wildman–Crippen MR) is 122 cm³/mol. The second-order valence-corrected chi connectivity index (χ2v) is 9.06. The van der Waals surface area contributed by atoms with Crippen LogP contribution in [-0.2, 0) is 20.4 Å². The molecule has 0 aliphatic heterocycles. The third-order valence-electron chi connectivity index (χ3n) is 4.68. The topological polar surface area (TPSA) is 83.5 Å². The molecule has 0 bridgehead atoms. The molecule has 6 heteroatoms. The van der Waals surface area contributed by atoms with Crippen LogP contribution in [0.5, 0.6) is 0 Å². The van der Waals surface area contributed by atoms with Crippen LogP contribution in [0.4, 0.5) is 0 Å². The van der Waals surface area contributed by atoms with Gasteiger partial charge in [-0.25, -0.2) is 4.79 Å². The molecular weight excluding hydrogens is 386 g/mol. The highest BCUT2D eigenvalue weighted by Gasteiger charge is 2.19. The van der Waals surface area contributed by atoms with Crippen LogP contribution in [0.3, 0.4) is 0 Å². The highest BCUT2D eigenvalue weighted by molar-refractivity contribution is 7.84. The number of hydrogen-bond acceptors (Lipinski definition) is 3. The molecule has 0 saturated heterocycles. The molecule has 1 amide bonds. The van der Waals surface area contributed by atoms with Crippen LogP contribution in [0.2, 0.25) is 0 Å². The van der Waals surface area contributed by atoms with Gasteiger partial charge in [0.05, 0.1) is 0 Å². The van der Waals surface area contributed by atoms with Crippen molar-refractivity contribution in [3.8, 4) is 0 Å². The molecule has 0 spiro atoms. The summed E-state index contributed by atoms with van der Waals surface area (Å²) in [6.07, 6.45) is 23.4. The lowest BCUT2D eigenvalue weighted by atomic mass is 10.1. The van der Waals surface area contributed by atoms with E-state index < -0.39 is 22.8 Å². The van der Waals surface area contributed by atoms with Gasteiger partial charge in [0.25, 0.3) is 0 Å². The average Bonchev–Trinajstić information content (AvgIpc) is 2.67. The van der Waals surface area contributed by atoms with Crippen LogP contribution in [0, 0.1) is 0 Å². The largest absolute Gasteiger partial charge is 0.480 e. The van der Waals surface area contributed by atoms with Crippen molar-refractivity contribution in [2.45, 2.75) is 96.4 Å². The minimum Gasteiger partial charge on any atom is -0.480 e. The number of carbonyl (C=O) groups is 2. The van der Waals surface area contributed by atoms with Crippen molar-refractivity contribution in [3.63, 3.8) is 0 Å². The van der Waals surface area contributed by atoms with E-state index in [4.69, 9.17) is 5.11 Å². The van der Waals surface area contributed by atoms with Gasteiger partial charge >= 0.3 is 5.97 Å². The minimum atomic E-state index is -1.07. The molecule has 0 aromatic heterocycles. The number of hydrogen-bond donors (Lipinski definition) is 2. The Kier molecular flexibility index (Phi) is 18.9. The number of nitrogens with one attached hydrogen (secondary N) is 1. The molecule has 0 aliphatic carbocycles. The van der Waals surface area contributed by atoms with Gasteiger partial charge in [-0.3, -0.25) is 9.00 Å². The number of carbonyl (C=O) groups excluding carboxylic acids is 1. The van der Waals surface area contributed by atoms with Crippen LogP contribution in [0.25, 0.3) is 0 Å². The summed E-state index contributed by atoms with van der Waals surface area (Å²) in [5, 5.41) is 11.6. The molecular formula is C23H41NO4S. The fourth-order valence-electron chi connectivity index (χ4n) is 2.90. The van der Waals surface area contributed by atoms with Gasteiger partial charge in [0, 0.05) is 29.2 Å². The number of carboxylic acid groups (broad SMARTS) is 1. The Labute approximate surface area is 179 Å². The molecule has 0 radical (unpaired) electrons. The van der Waals surface area contributed by atoms with Crippen molar-refractivity contribution in [2.24, 2.45) is 0 Å². The summed E-state index contributed by atoms with van der Waals surface area (Å²) in [4.78, 5) is 23.0. The Balaban J connectivity index is 3.61. The molecule has 0 saturated carbocycles. The van der Waals surface area contributed by atoms with Gasteiger partial charge in [-0.05, 0) is 44.9 Å². The molecule has 2 N–H and O–H groups in total. The van der Waals surface area contributed by atoms with E-state index in [0.717, 1.165) is 44.9 Å². The molecule has 0 aromatic rings. The van der Waals surface area contributed by atoms with Crippen LogP contribution in [0.15, 0.2) is 24.3 Å². The third kappa shape index (κ3) is 19.7. The lowest BCUT2D eigenvalue weighted by Crippen LogP contribution is -2.41. The first-order valence-electron chi connectivity index (χ1n) is 11.1. The second kappa shape index (κ2) is 19.9. The van der Waals surface area contributed by atoms with E-state index in [1.807, 2.05) is 0 Å². The van der Waals surface area contributed by atoms with Crippen LogP contribution in [-0.4, -0.2) is 39.2 Å². The monoisotopic (exact) mass is 427 g/mol. The number of allylic oxidation sites excluding steroid dienone is 4. The van der Waals surface area contributed by atoms with Crippen LogP contribution >= 0.6 is 0 Å². The Morgan fingerprint density at radius 1 is 0.931 bits per heavy atom. The summed E-state index contributed by atoms with van der Waals surface area (Å²) in [6, 6.07) is -0.940. The van der Waals surface area contributed by atoms with Gasteiger partial charge in [0.15, 0.2) is 0 Å². The Hall–Kier alpha value is -1.43. The van der Waals surface area contributed by atoms with Gasteiger partial charge in [0.2, 0.25) is 5.91 Å². The number of aliphatic carboxylic acids is 1. The highest BCUT2D eigenvalue weighted by atomic mass is 32.2. The minimum absolute atomic E-state index is 0.201. The second-order valence-electron chi connectivity index (χ2n) is 7.51. The van der Waals surface area contributed by atoms with Crippen LogP contribution < -0.4 is 5.32 Å². The molecule has 168 valence electrons. The van der Waals surface area contributed by atoms with E-state index in [9.17, 15) is 13.8 Å². The standard InChI is InChI=1S/C23H41NO4S/c1-3-4-5-6-7-8-9-10-11-12-13-14-15-16-17-18-22(25)24-21(23(26)27)19-20-29(2)28/h7-8,10-11,21H,3-6,9,12-20H2,1-2H3,(H,24,25)(H,26,27)/t21-,29?/m0/s1. The lowest BCUT2D eigenvalue weighted by molar-refractivity contribution is -0.141. The number of unbranched alkanes of at least 4 members (excludes halogenated alkanes) is 8. The van der Waals surface area contributed by atoms with Crippen LogP contribution in [0.1, 0.15) is 90.4 Å². The maximum Gasteiger partial charge on any atom is 0.326 e. The SMILES string of the molecule is CCCCCC=CCC=CCCCCCCCC(=O)N[C@@H](CCS(C)=O)C(=O)O. The zero-order chi connectivity index (χ0) is 21.7. The molecule has 0 aliphatic rings. The summed E-state index contributed by atoms with van der Waals surface area (Å²) in [6.45, 7) is 2.22. The van der Waals surface area contributed by atoms with Gasteiger partial charge in [-0.1, -0.05) is 63.3 Å². The molecule has 0 heterocycles. The van der Waals surface area contributed by atoms with Crippen molar-refractivity contribution in [3.05, 3.63) is 24.3 Å². The van der Waals surface area contributed by atoms with Gasteiger partial charge in [-0.15, -0.1) is 0 Å². The zero-order valence-electron chi connectivity index (χ0n) is 18.4. The first-order chi connectivity index (χ1) is 14.0. The summed E-state index contributed by atoms with van der Waals surface area (Å²) in [7, 11) is -1.06. The van der Waals surface area contributed by atoms with E-state index >= 15 is 0 Å². The summed E-state index contributed by atoms with van der Waals surface area (Å²) in [5.41, 5.74) is 0. The highest BCUT2D eigenvalue weighted by Crippen LogP contribution is 2.08. The molecule has 0 aromatic carbocycles. The molecule has 5 nitrogen and oxygen atoms in total. The Morgan fingerprint density at radius 3 is 2.10 bits per heavy atom. The third-order valence-corrected chi connectivity index (χ3v) is 5.49. The smallest absolute Gasteiger partial charge is 0.326 e. The van der Waals surface area contributed by atoms with E-state index in [1.54, 1.807) is 0 Å². The zero-order valence-corrected chi connectivity index (χ0v) is 19.2. The van der Waals surface area contributed by atoms with Crippen molar-refractivity contribution >= 4 is 22.7 Å². The van der Waals surface area contributed by atoms with E-state index in [0.29, 0.717) is 6.42 Å². The fourth-order valence-corrected chi connectivity index (χ4v) is 3.47. The Morgan fingerprint density at radius 2 is 1.52 bits per heavy atom. The van der Waals surface area contributed by atoms with Crippen molar-refractivity contribution in [1.29, 1.82) is 0 Å². The van der Waals surface area contributed by atoms with Crippen molar-refractivity contribution < 1.29 is 18.9 Å². The maximum absolute atomic E-state index is 11.9. The van der Waals surface area contributed by atoms with E-state index in [-0.39, 0.29) is 18.1 Å². The molecule has 0 fully saturated rings. The van der Waals surface area contributed by atoms with Gasteiger partial charge in [-0.2, -0.15) is 0 Å². The first-order valence-corrected chi connectivity index (χ1v) is 12.8. The summed E-state index contributed by atoms with van der Waals surface area (Å²) >= 11 is 0. The van der Waals surface area contributed by atoms with Crippen molar-refractivity contribution in [2.75, 3.05) is 12.0 Å². The molecule has 2 atom stereocenters. The molecule has 1 unspecified atom stereocenters. The van der Waals surface area contributed by atoms with Gasteiger partial charge < -0.3 is 10.4 Å². The molecule has 0 rings (SSSR count). The van der Waals surface area contributed by atoms with E-state index in [2.05, 4.69) is 36.5 Å². The number of rotatable bonds is 19. The number of amides is 1. The normalized spacial score (nSPS) is 13.7. The average molecular weight is 428 g/mol. The fraction of sp³-hybridized carbons (Fsp3) is 0.739. The number of carboxylic acids is 1.